The van der Waals surface area contributed by atoms with Crippen LogP contribution in [0.15, 0.2) is 18.2 Å². The lowest BCUT2D eigenvalue weighted by atomic mass is 10.2. The second-order valence-electron chi connectivity index (χ2n) is 6.45. The van der Waals surface area contributed by atoms with Gasteiger partial charge in [-0.1, -0.05) is 6.07 Å². The second kappa shape index (κ2) is 7.33. The van der Waals surface area contributed by atoms with E-state index in [9.17, 15) is 4.39 Å². The molecule has 1 saturated heterocycles. The van der Waals surface area contributed by atoms with Crippen LogP contribution in [0.3, 0.4) is 0 Å². The molecule has 24 heavy (non-hydrogen) atoms. The maximum absolute atomic E-state index is 14.1. The van der Waals surface area contributed by atoms with Crippen LogP contribution in [0.2, 0.25) is 0 Å². The monoisotopic (exact) mass is 334 g/mol. The largest absolute Gasteiger partial charge is 0.374 e. The molecule has 1 aromatic heterocycles. The minimum Gasteiger partial charge on any atom is -0.374 e. The number of aryl methyl sites for hydroxylation is 1. The Morgan fingerprint density at radius 3 is 3.00 bits per heavy atom. The molecule has 7 nitrogen and oxygen atoms in total. The molecule has 1 aliphatic rings. The van der Waals surface area contributed by atoms with Crippen LogP contribution in [-0.2, 0) is 11.3 Å². The molecular formula is C16H23FN6O. The lowest BCUT2D eigenvalue weighted by Crippen LogP contribution is -2.46. The zero-order chi connectivity index (χ0) is 17.1. The molecule has 1 fully saturated rings. The number of hydrogen-bond acceptors (Lipinski definition) is 6. The summed E-state index contributed by atoms with van der Waals surface area (Å²) in [5.74, 6) is 0.298. The van der Waals surface area contributed by atoms with Crippen molar-refractivity contribution >= 4 is 0 Å². The van der Waals surface area contributed by atoms with Crippen LogP contribution in [0.4, 0.5) is 4.39 Å². The molecule has 0 aliphatic carbocycles. The van der Waals surface area contributed by atoms with Crippen molar-refractivity contribution in [1.82, 2.24) is 30.0 Å². The van der Waals surface area contributed by atoms with Crippen LogP contribution < -0.4 is 0 Å². The van der Waals surface area contributed by atoms with E-state index in [1.807, 2.05) is 21.0 Å². The average Bonchev–Trinajstić information content (AvgIpc) is 2.97. The summed E-state index contributed by atoms with van der Waals surface area (Å²) in [6.45, 7) is 5.65. The van der Waals surface area contributed by atoms with Crippen molar-refractivity contribution < 1.29 is 9.13 Å². The lowest BCUT2D eigenvalue weighted by Gasteiger charge is -2.33. The highest BCUT2D eigenvalue weighted by Gasteiger charge is 2.23. The van der Waals surface area contributed by atoms with Gasteiger partial charge >= 0.3 is 0 Å². The van der Waals surface area contributed by atoms with Crippen molar-refractivity contribution in [2.75, 3.05) is 40.3 Å². The Labute approximate surface area is 141 Å². The van der Waals surface area contributed by atoms with Crippen molar-refractivity contribution in [3.63, 3.8) is 0 Å². The Kier molecular flexibility index (Phi) is 5.17. The number of ether oxygens (including phenoxy) is 1. The quantitative estimate of drug-likeness (QED) is 0.809. The smallest absolute Gasteiger partial charge is 0.170 e. The summed E-state index contributed by atoms with van der Waals surface area (Å²) in [5.41, 5.74) is 1.35. The van der Waals surface area contributed by atoms with Crippen molar-refractivity contribution in [3.05, 3.63) is 35.4 Å². The van der Waals surface area contributed by atoms with Gasteiger partial charge in [0.2, 0.25) is 0 Å². The highest BCUT2D eigenvalue weighted by atomic mass is 19.1. The number of aromatic nitrogens is 4. The zero-order valence-electron chi connectivity index (χ0n) is 14.3. The maximum Gasteiger partial charge on any atom is 0.170 e. The molecule has 0 N–H and O–H groups in total. The van der Waals surface area contributed by atoms with Gasteiger partial charge in [0.25, 0.3) is 0 Å². The summed E-state index contributed by atoms with van der Waals surface area (Å²) < 4.78 is 21.4. The first-order valence-electron chi connectivity index (χ1n) is 8.05. The molecule has 0 radical (unpaired) electrons. The fraction of sp³-hybridized carbons (Fsp3) is 0.562. The van der Waals surface area contributed by atoms with Crippen molar-refractivity contribution in [2.24, 2.45) is 0 Å². The summed E-state index contributed by atoms with van der Waals surface area (Å²) in [4.78, 5) is 4.36. The first-order chi connectivity index (χ1) is 11.5. The molecule has 1 atom stereocenters. The Bertz CT molecular complexity index is 689. The van der Waals surface area contributed by atoms with Gasteiger partial charge in [-0.25, -0.2) is 4.39 Å². The second-order valence-corrected chi connectivity index (χ2v) is 6.45. The van der Waals surface area contributed by atoms with Gasteiger partial charge in [-0.2, -0.15) is 4.68 Å². The molecule has 0 spiro atoms. The highest BCUT2D eigenvalue weighted by Crippen LogP contribution is 2.17. The molecule has 130 valence electrons. The number of morpholine rings is 1. The Morgan fingerprint density at radius 2 is 2.21 bits per heavy atom. The van der Waals surface area contributed by atoms with E-state index in [0.717, 1.165) is 25.2 Å². The normalized spacial score (nSPS) is 19.1. The van der Waals surface area contributed by atoms with Crippen LogP contribution in [0, 0.1) is 12.7 Å². The van der Waals surface area contributed by atoms with E-state index in [1.54, 1.807) is 12.1 Å². The molecule has 0 bridgehead atoms. The third kappa shape index (κ3) is 3.95. The predicted molar refractivity (Wildman–Crippen MR) is 87.4 cm³/mol. The topological polar surface area (TPSA) is 59.3 Å². The number of rotatable bonds is 5. The number of tetrazole rings is 1. The van der Waals surface area contributed by atoms with E-state index >= 15 is 0 Å². The summed E-state index contributed by atoms with van der Waals surface area (Å²) in [7, 11) is 4.06. The predicted octanol–water partition coefficient (Wildman–Crippen LogP) is 0.872. The van der Waals surface area contributed by atoms with E-state index in [2.05, 4.69) is 25.3 Å². The first-order valence-corrected chi connectivity index (χ1v) is 8.05. The van der Waals surface area contributed by atoms with Gasteiger partial charge in [-0.15, -0.1) is 5.10 Å². The molecule has 0 amide bonds. The van der Waals surface area contributed by atoms with E-state index < -0.39 is 0 Å². The minimum atomic E-state index is -0.332. The Morgan fingerprint density at radius 1 is 1.38 bits per heavy atom. The Balaban J connectivity index is 1.75. The third-order valence-corrected chi connectivity index (χ3v) is 4.02. The number of halogens is 1. The van der Waals surface area contributed by atoms with Gasteiger partial charge in [0.1, 0.15) is 11.5 Å². The van der Waals surface area contributed by atoms with E-state index in [-0.39, 0.29) is 11.9 Å². The standard InChI is InChI=1S/C16H23FN6O/c1-12-4-5-14(17)15(8-12)23-16(18-19-20-23)11-22-6-7-24-13(10-22)9-21(2)3/h4-5,8,13H,6-7,9-11H2,1-3H3/t13-/m0/s1. The minimum absolute atomic E-state index is 0.161. The summed E-state index contributed by atoms with van der Waals surface area (Å²) in [6.07, 6.45) is 0.161. The summed E-state index contributed by atoms with van der Waals surface area (Å²) in [5, 5.41) is 11.8. The molecule has 1 aromatic carbocycles. The van der Waals surface area contributed by atoms with E-state index in [0.29, 0.717) is 24.7 Å². The fourth-order valence-electron chi connectivity index (χ4n) is 2.92. The van der Waals surface area contributed by atoms with Gasteiger partial charge in [-0.05, 0) is 49.1 Å². The lowest BCUT2D eigenvalue weighted by molar-refractivity contribution is -0.0415. The van der Waals surface area contributed by atoms with Crippen LogP contribution in [0.25, 0.3) is 5.69 Å². The van der Waals surface area contributed by atoms with Crippen molar-refractivity contribution in [2.45, 2.75) is 19.6 Å². The third-order valence-electron chi connectivity index (χ3n) is 4.02. The number of benzene rings is 1. The molecule has 1 aliphatic heterocycles. The summed E-state index contributed by atoms with van der Waals surface area (Å²) >= 11 is 0. The average molecular weight is 334 g/mol. The van der Waals surface area contributed by atoms with Crippen LogP contribution in [-0.4, -0.2) is 76.4 Å². The molecular weight excluding hydrogens is 311 g/mol. The molecule has 2 heterocycles. The van der Waals surface area contributed by atoms with Gasteiger partial charge in [0, 0.05) is 19.6 Å². The highest BCUT2D eigenvalue weighted by molar-refractivity contribution is 5.36. The van der Waals surface area contributed by atoms with Crippen LogP contribution >= 0.6 is 0 Å². The van der Waals surface area contributed by atoms with Crippen LogP contribution in [0.5, 0.6) is 0 Å². The van der Waals surface area contributed by atoms with E-state index in [1.165, 1.54) is 10.7 Å². The van der Waals surface area contributed by atoms with Gasteiger partial charge in [0.05, 0.1) is 19.3 Å². The molecule has 3 rings (SSSR count). The molecule has 0 unspecified atom stereocenters. The van der Waals surface area contributed by atoms with Crippen molar-refractivity contribution in [1.29, 1.82) is 0 Å². The van der Waals surface area contributed by atoms with Gasteiger partial charge in [-0.3, -0.25) is 4.90 Å². The molecule has 2 aromatic rings. The van der Waals surface area contributed by atoms with Gasteiger partial charge in [0.15, 0.2) is 5.82 Å². The molecule has 0 saturated carbocycles. The fourth-order valence-corrected chi connectivity index (χ4v) is 2.92. The molecule has 8 heteroatoms. The van der Waals surface area contributed by atoms with Crippen LogP contribution in [0.1, 0.15) is 11.4 Å². The zero-order valence-corrected chi connectivity index (χ0v) is 14.3. The Hall–Kier alpha value is -1.90. The summed E-state index contributed by atoms with van der Waals surface area (Å²) in [6, 6.07) is 4.93. The van der Waals surface area contributed by atoms with Crippen molar-refractivity contribution in [3.8, 4) is 5.69 Å². The van der Waals surface area contributed by atoms with E-state index in [4.69, 9.17) is 4.74 Å². The maximum atomic E-state index is 14.1. The number of likely N-dealkylation sites (N-methyl/N-ethyl adjacent to an activating group) is 1. The number of nitrogens with zero attached hydrogens (tertiary/aromatic N) is 6. The van der Waals surface area contributed by atoms with Gasteiger partial charge < -0.3 is 9.64 Å². The number of hydrogen-bond donors (Lipinski definition) is 0. The SMILES string of the molecule is Cc1ccc(F)c(-n2nnnc2CN2CCO[C@@H](CN(C)C)C2)c1. The first kappa shape index (κ1) is 16.9.